The van der Waals surface area contributed by atoms with Crippen LogP contribution in [0.4, 0.5) is 0 Å². The highest BCUT2D eigenvalue weighted by Crippen LogP contribution is 2.12. The number of furan rings is 1. The van der Waals surface area contributed by atoms with Crippen LogP contribution in [-0.4, -0.2) is 26.1 Å². The Bertz CT molecular complexity index is 593. The summed E-state index contributed by atoms with van der Waals surface area (Å²) in [6.07, 6.45) is 0. The average molecular weight is 288 g/mol. The molecule has 0 unspecified atom stereocenters. The molecule has 2 N–H and O–H groups in total. The summed E-state index contributed by atoms with van der Waals surface area (Å²) in [5, 5.41) is 6.07. The van der Waals surface area contributed by atoms with Crippen molar-refractivity contribution < 1.29 is 13.9 Å². The topological polar surface area (TPSA) is 63.5 Å². The summed E-state index contributed by atoms with van der Waals surface area (Å²) in [4.78, 5) is 11.9. The SMILES string of the molecule is COc1cccc(C(=O)NCCNCc2ccc(C)o2)c1. The van der Waals surface area contributed by atoms with Gasteiger partial charge in [0.05, 0.1) is 13.7 Å². The van der Waals surface area contributed by atoms with Gasteiger partial charge in [-0.1, -0.05) is 6.07 Å². The number of methoxy groups -OCH3 is 1. The lowest BCUT2D eigenvalue weighted by Gasteiger charge is -2.07. The van der Waals surface area contributed by atoms with E-state index >= 15 is 0 Å². The van der Waals surface area contributed by atoms with Crippen LogP contribution in [0, 0.1) is 6.92 Å². The predicted octanol–water partition coefficient (Wildman–Crippen LogP) is 2.12. The zero-order chi connectivity index (χ0) is 15.1. The van der Waals surface area contributed by atoms with E-state index in [1.165, 1.54) is 0 Å². The molecule has 2 rings (SSSR count). The molecule has 1 aromatic carbocycles. The van der Waals surface area contributed by atoms with E-state index in [9.17, 15) is 4.79 Å². The maximum Gasteiger partial charge on any atom is 0.251 e. The van der Waals surface area contributed by atoms with E-state index in [0.29, 0.717) is 30.9 Å². The van der Waals surface area contributed by atoms with E-state index in [1.807, 2.05) is 25.1 Å². The first-order chi connectivity index (χ1) is 10.2. The van der Waals surface area contributed by atoms with Crippen molar-refractivity contribution in [3.63, 3.8) is 0 Å². The minimum atomic E-state index is -0.107. The molecule has 1 aromatic heterocycles. The fourth-order valence-electron chi connectivity index (χ4n) is 1.92. The molecule has 1 heterocycles. The molecule has 2 aromatic rings. The Morgan fingerprint density at radius 1 is 1.24 bits per heavy atom. The van der Waals surface area contributed by atoms with Gasteiger partial charge >= 0.3 is 0 Å². The molecule has 0 radical (unpaired) electrons. The third-order valence-corrected chi connectivity index (χ3v) is 3.01. The van der Waals surface area contributed by atoms with Crippen LogP contribution in [0.3, 0.4) is 0 Å². The van der Waals surface area contributed by atoms with E-state index < -0.39 is 0 Å². The van der Waals surface area contributed by atoms with Gasteiger partial charge in [0.1, 0.15) is 17.3 Å². The van der Waals surface area contributed by atoms with Gasteiger partial charge in [0.2, 0.25) is 0 Å². The second-order valence-electron chi connectivity index (χ2n) is 4.68. The predicted molar refractivity (Wildman–Crippen MR) is 80.5 cm³/mol. The van der Waals surface area contributed by atoms with Crippen LogP contribution < -0.4 is 15.4 Å². The highest BCUT2D eigenvalue weighted by molar-refractivity contribution is 5.94. The van der Waals surface area contributed by atoms with Crippen molar-refractivity contribution in [1.29, 1.82) is 0 Å². The summed E-state index contributed by atoms with van der Waals surface area (Å²) in [5.41, 5.74) is 0.594. The Morgan fingerprint density at radius 3 is 2.81 bits per heavy atom. The molecule has 0 saturated heterocycles. The fourth-order valence-corrected chi connectivity index (χ4v) is 1.92. The summed E-state index contributed by atoms with van der Waals surface area (Å²) in [7, 11) is 1.58. The van der Waals surface area contributed by atoms with Crippen LogP contribution in [0.25, 0.3) is 0 Å². The number of carbonyl (C=O) groups is 1. The van der Waals surface area contributed by atoms with Gasteiger partial charge in [0.25, 0.3) is 5.91 Å². The molecule has 0 fully saturated rings. The zero-order valence-corrected chi connectivity index (χ0v) is 12.3. The van der Waals surface area contributed by atoms with E-state index in [-0.39, 0.29) is 5.91 Å². The monoisotopic (exact) mass is 288 g/mol. The first-order valence-corrected chi connectivity index (χ1v) is 6.87. The minimum Gasteiger partial charge on any atom is -0.497 e. The van der Waals surface area contributed by atoms with E-state index in [0.717, 1.165) is 11.5 Å². The molecule has 0 aliphatic rings. The maximum absolute atomic E-state index is 11.9. The zero-order valence-electron chi connectivity index (χ0n) is 12.3. The van der Waals surface area contributed by atoms with Gasteiger partial charge in [-0.05, 0) is 37.3 Å². The summed E-state index contributed by atoms with van der Waals surface area (Å²) in [5.74, 6) is 2.36. The molecule has 0 aliphatic heterocycles. The smallest absolute Gasteiger partial charge is 0.251 e. The minimum absolute atomic E-state index is 0.107. The largest absolute Gasteiger partial charge is 0.497 e. The van der Waals surface area contributed by atoms with Crippen LogP contribution in [0.5, 0.6) is 5.75 Å². The number of benzene rings is 1. The van der Waals surface area contributed by atoms with Crippen molar-refractivity contribution >= 4 is 5.91 Å². The van der Waals surface area contributed by atoms with Crippen molar-refractivity contribution in [3.8, 4) is 5.75 Å². The second-order valence-corrected chi connectivity index (χ2v) is 4.68. The molecule has 21 heavy (non-hydrogen) atoms. The van der Waals surface area contributed by atoms with Crippen molar-refractivity contribution in [2.24, 2.45) is 0 Å². The number of amides is 1. The van der Waals surface area contributed by atoms with Gasteiger partial charge < -0.3 is 19.8 Å². The number of hydrogen-bond donors (Lipinski definition) is 2. The Kier molecular flexibility index (Phi) is 5.40. The lowest BCUT2D eigenvalue weighted by Crippen LogP contribution is -2.31. The number of hydrogen-bond acceptors (Lipinski definition) is 4. The van der Waals surface area contributed by atoms with Crippen LogP contribution in [0.15, 0.2) is 40.8 Å². The van der Waals surface area contributed by atoms with Gasteiger partial charge in [0.15, 0.2) is 0 Å². The first kappa shape index (κ1) is 15.1. The molecular weight excluding hydrogens is 268 g/mol. The molecule has 1 amide bonds. The third kappa shape index (κ3) is 4.65. The molecular formula is C16H20N2O3. The van der Waals surface area contributed by atoms with Crippen molar-refractivity contribution in [1.82, 2.24) is 10.6 Å². The normalized spacial score (nSPS) is 10.4. The number of rotatable bonds is 7. The van der Waals surface area contributed by atoms with Crippen molar-refractivity contribution in [2.75, 3.05) is 20.2 Å². The standard InChI is InChI=1S/C16H20N2O3/c1-12-6-7-15(21-12)11-17-8-9-18-16(19)13-4-3-5-14(10-13)20-2/h3-7,10,17H,8-9,11H2,1-2H3,(H,18,19). The summed E-state index contributed by atoms with van der Waals surface area (Å²) >= 11 is 0. The van der Waals surface area contributed by atoms with Gasteiger partial charge in [0, 0.05) is 18.7 Å². The third-order valence-electron chi connectivity index (χ3n) is 3.01. The van der Waals surface area contributed by atoms with E-state index in [2.05, 4.69) is 10.6 Å². The highest BCUT2D eigenvalue weighted by Gasteiger charge is 2.05. The molecule has 5 nitrogen and oxygen atoms in total. The van der Waals surface area contributed by atoms with Crippen LogP contribution in [0.2, 0.25) is 0 Å². The lowest BCUT2D eigenvalue weighted by atomic mass is 10.2. The van der Waals surface area contributed by atoms with Crippen LogP contribution in [-0.2, 0) is 6.54 Å². The lowest BCUT2D eigenvalue weighted by molar-refractivity contribution is 0.0953. The first-order valence-electron chi connectivity index (χ1n) is 6.87. The Morgan fingerprint density at radius 2 is 2.10 bits per heavy atom. The van der Waals surface area contributed by atoms with Gasteiger partial charge in [-0.2, -0.15) is 0 Å². The number of aryl methyl sites for hydroxylation is 1. The van der Waals surface area contributed by atoms with Crippen molar-refractivity contribution in [3.05, 3.63) is 53.5 Å². The molecule has 0 bridgehead atoms. The molecule has 112 valence electrons. The molecule has 0 atom stereocenters. The Labute approximate surface area is 124 Å². The summed E-state index contributed by atoms with van der Waals surface area (Å²) < 4.78 is 10.5. The number of ether oxygens (including phenoxy) is 1. The van der Waals surface area contributed by atoms with Gasteiger partial charge in [-0.25, -0.2) is 0 Å². The van der Waals surface area contributed by atoms with Crippen LogP contribution >= 0.6 is 0 Å². The summed E-state index contributed by atoms with van der Waals surface area (Å²) in [6.45, 7) is 3.80. The van der Waals surface area contributed by atoms with Crippen LogP contribution in [0.1, 0.15) is 21.9 Å². The Balaban J connectivity index is 1.69. The summed E-state index contributed by atoms with van der Waals surface area (Å²) in [6, 6.07) is 11.0. The van der Waals surface area contributed by atoms with E-state index in [1.54, 1.807) is 25.3 Å². The van der Waals surface area contributed by atoms with Gasteiger partial charge in [-0.15, -0.1) is 0 Å². The van der Waals surface area contributed by atoms with Crippen molar-refractivity contribution in [2.45, 2.75) is 13.5 Å². The molecule has 5 heteroatoms. The number of nitrogens with one attached hydrogen (secondary N) is 2. The Hall–Kier alpha value is -2.27. The number of carbonyl (C=O) groups excluding carboxylic acids is 1. The fraction of sp³-hybridized carbons (Fsp3) is 0.312. The van der Waals surface area contributed by atoms with E-state index in [4.69, 9.17) is 9.15 Å². The highest BCUT2D eigenvalue weighted by atomic mass is 16.5. The maximum atomic E-state index is 11.9. The molecule has 0 spiro atoms. The second kappa shape index (κ2) is 7.50. The average Bonchev–Trinajstić information content (AvgIpc) is 2.92. The van der Waals surface area contributed by atoms with Gasteiger partial charge in [-0.3, -0.25) is 4.79 Å². The molecule has 0 aliphatic carbocycles. The quantitative estimate of drug-likeness (QED) is 0.766. The molecule has 0 saturated carbocycles.